The van der Waals surface area contributed by atoms with Crippen LogP contribution in [0.2, 0.25) is 0 Å². The molecule has 146 heavy (non-hydrogen) atoms. The molecule has 0 amide bonds. The standard InChI is InChI=1S/C36H44N4.4C15H10N.C13H8NS.3C5H8O2.5Ir.Pt/c1-9-21-22(10-2)30-18-32-25(13-5)26(14-6)34(39-32)20-36-28(16-8)27(15-7)35(40-36)19-33-24(12-4)23(11-3)31(38-33)17-29(21)37-30;2*1-2-7-13(8-3-1)15-14-9-5-4-6-12(14)10-11-16-15;2*1-2-6-12(7-3-1)15-11-10-13-8-4-5-9-14(13)16-15;1-2-7-12-10(5-1)9-13(15-12)11-6-3-4-8-14-11;3*1-4(6)3-5(2)7;;;;;;/h17-20H,9-16H2,1-8H3;2*1-7,9-11H;2*1-6,8-11H;1-8H;3*3,6H,1-2H3;;;;;;/q-4;5*-1;;;;;;;;;+4. The number of allylic oxidation sites excluding steroid dienone is 6. The molecule has 3 N–H and O–H groups in total. The molecule has 15 nitrogen and oxygen atoms in total. The molecule has 0 unspecified atom stereocenters. The first-order valence-corrected chi connectivity index (χ1v) is 48.2. The number of hydrogen-bond acceptors (Lipinski definition) is 12. The van der Waals surface area contributed by atoms with Crippen molar-refractivity contribution in [1.29, 1.82) is 0 Å². The fourth-order valence-corrected chi connectivity index (χ4v) is 17.6. The maximum atomic E-state index is 10.0. The molecule has 11 heterocycles. The van der Waals surface area contributed by atoms with Crippen LogP contribution in [-0.4, -0.2) is 57.6 Å². The van der Waals surface area contributed by atoms with Gasteiger partial charge in [-0.3, -0.25) is 24.4 Å². The summed E-state index contributed by atoms with van der Waals surface area (Å²) in [5.74, 6) is -0.187. The first kappa shape index (κ1) is 123. The van der Waals surface area contributed by atoms with Crippen molar-refractivity contribution in [2.75, 3.05) is 0 Å². The Hall–Kier alpha value is -12.1. The Labute approximate surface area is 943 Å². The zero-order valence-corrected chi connectivity index (χ0v) is 99.0. The zero-order chi connectivity index (χ0) is 99.4. The van der Waals surface area contributed by atoms with E-state index in [2.05, 4.69) is 202 Å². The van der Waals surface area contributed by atoms with Gasteiger partial charge in [0.25, 0.3) is 0 Å². The maximum Gasteiger partial charge on any atom is 4.00 e. The number of carbonyl (C=O) groups excluding carboxylic acids is 3. The third kappa shape index (κ3) is 34.2. The molecule has 0 saturated carbocycles. The smallest absolute Gasteiger partial charge is 0.657 e. The number of aliphatic hydroxyl groups is 3. The van der Waals surface area contributed by atoms with Crippen molar-refractivity contribution in [1.82, 2.24) is 44.9 Å². The average molecular weight is 3020 g/mol. The third-order valence-electron chi connectivity index (χ3n) is 22.7. The number of carbonyl (C=O) groups is 3. The summed E-state index contributed by atoms with van der Waals surface area (Å²) < 4.78 is 1.26. The van der Waals surface area contributed by atoms with Gasteiger partial charge in [-0.2, -0.15) is 0 Å². The third-order valence-corrected chi connectivity index (χ3v) is 23.8. The molecule has 9 aromatic carbocycles. The summed E-state index contributed by atoms with van der Waals surface area (Å²) in [5, 5.41) is 37.6. The summed E-state index contributed by atoms with van der Waals surface area (Å²) in [4.78, 5) is 74.6. The van der Waals surface area contributed by atoms with Crippen LogP contribution in [0, 0.1) is 30.3 Å². The molecule has 1 aliphatic heterocycles. The van der Waals surface area contributed by atoms with Gasteiger partial charge in [0.05, 0.1) is 28.3 Å². The Balaban J connectivity index is 0.000000265. The van der Waals surface area contributed by atoms with E-state index in [4.69, 9.17) is 35.3 Å². The van der Waals surface area contributed by atoms with E-state index in [9.17, 15) is 14.4 Å². The minimum atomic E-state index is -0.125. The molecule has 20 rings (SSSR count). The van der Waals surface area contributed by atoms with Crippen molar-refractivity contribution in [2.45, 2.75) is 148 Å². The van der Waals surface area contributed by atoms with E-state index in [-0.39, 0.29) is 156 Å². The molecular formula is C124H116Ir5N9O6PtS-5. The van der Waals surface area contributed by atoms with Gasteiger partial charge in [0.15, 0.2) is 17.3 Å². The largest absolute Gasteiger partial charge is 4.00 e. The van der Waals surface area contributed by atoms with Gasteiger partial charge in [-0.05, 0) is 188 Å². The molecule has 1 aliphatic rings. The van der Waals surface area contributed by atoms with E-state index in [1.165, 1.54) is 147 Å². The van der Waals surface area contributed by atoms with E-state index < -0.39 is 0 Å². The van der Waals surface area contributed by atoms with Gasteiger partial charge in [0, 0.05) is 143 Å². The van der Waals surface area contributed by atoms with Gasteiger partial charge in [-0.1, -0.05) is 258 Å². The van der Waals surface area contributed by atoms with E-state index in [0.29, 0.717) is 0 Å². The summed E-state index contributed by atoms with van der Waals surface area (Å²) in [6.07, 6.45) is 25.6. The van der Waals surface area contributed by atoms with Gasteiger partial charge in [-0.15, -0.1) is 211 Å². The fraction of sp³-hybridized carbons (Fsp3) is 0.177. The number of pyridine rings is 5. The number of ketones is 3. The number of benzene rings is 9. The minimum absolute atomic E-state index is 0. The summed E-state index contributed by atoms with van der Waals surface area (Å²) in [5.41, 5.74) is 26.1. The van der Waals surface area contributed by atoms with Gasteiger partial charge in [0.1, 0.15) is 0 Å². The number of fused-ring (bicyclic) bond motifs is 13. The van der Waals surface area contributed by atoms with E-state index >= 15 is 0 Å². The second kappa shape index (κ2) is 62.8. The molecule has 10 aromatic heterocycles. The van der Waals surface area contributed by atoms with Crippen LogP contribution in [0.4, 0.5) is 0 Å². The Bertz CT molecular complexity index is 7180. The molecule has 0 spiro atoms. The quantitative estimate of drug-likeness (QED) is 0.0464. The molecule has 0 fully saturated rings. The molecule has 759 valence electrons. The molecule has 0 aliphatic carbocycles. The van der Waals surface area contributed by atoms with Crippen molar-refractivity contribution in [3.63, 3.8) is 0 Å². The second-order valence-electron chi connectivity index (χ2n) is 32.9. The summed E-state index contributed by atoms with van der Waals surface area (Å²) in [6.45, 7) is 26.5. The zero-order valence-electron chi connectivity index (χ0n) is 83.9. The number of thiophene rings is 1. The van der Waals surface area contributed by atoms with Crippen molar-refractivity contribution >= 4 is 106 Å². The van der Waals surface area contributed by atoms with E-state index in [0.717, 1.165) is 162 Å². The van der Waals surface area contributed by atoms with Crippen LogP contribution in [0.5, 0.6) is 0 Å². The molecule has 0 saturated heterocycles. The average Bonchev–Trinajstić information content (AvgIpc) is 1.61. The van der Waals surface area contributed by atoms with Crippen LogP contribution in [0.15, 0.2) is 327 Å². The van der Waals surface area contributed by atoms with Crippen LogP contribution in [0.1, 0.15) is 164 Å². The van der Waals surface area contributed by atoms with Gasteiger partial charge in [0.2, 0.25) is 0 Å². The number of hydrogen-bond donors (Lipinski definition) is 3. The molecule has 19 aromatic rings. The van der Waals surface area contributed by atoms with Crippen LogP contribution < -0.4 is 41.3 Å². The topological polar surface area (TPSA) is 233 Å². The summed E-state index contributed by atoms with van der Waals surface area (Å²) in [6, 6.07) is 107. The minimum Gasteiger partial charge on any atom is -0.657 e. The van der Waals surface area contributed by atoms with Crippen LogP contribution in [-0.2, 0) is 187 Å². The normalized spacial score (nSPS) is 10.8. The number of rotatable bonds is 16. The second-order valence-corrected chi connectivity index (χ2v) is 33.9. The Morgan fingerprint density at radius 3 is 0.918 bits per heavy atom. The molecular weight excluding hydrogens is 2900 g/mol. The van der Waals surface area contributed by atoms with Gasteiger partial charge >= 0.3 is 21.1 Å². The van der Waals surface area contributed by atoms with Gasteiger partial charge < -0.3 is 50.2 Å². The summed E-state index contributed by atoms with van der Waals surface area (Å²) in [7, 11) is 0. The predicted octanol–water partition coefficient (Wildman–Crippen LogP) is 25.3. The number of aromatic nitrogens is 9. The Kier molecular flexibility index (Phi) is 52.7. The van der Waals surface area contributed by atoms with Crippen molar-refractivity contribution in [2.24, 2.45) is 0 Å². The fourth-order valence-electron chi connectivity index (χ4n) is 16.6. The van der Waals surface area contributed by atoms with Crippen molar-refractivity contribution in [3.05, 3.63) is 446 Å². The number of aliphatic hydroxyl groups excluding tert-OH is 3. The predicted molar refractivity (Wildman–Crippen MR) is 576 cm³/mol. The number of nitrogens with zero attached hydrogens (tertiary/aromatic N) is 9. The maximum absolute atomic E-state index is 10.0. The van der Waals surface area contributed by atoms with Crippen molar-refractivity contribution < 1.29 is 151 Å². The van der Waals surface area contributed by atoms with E-state index in [1.54, 1.807) is 11.3 Å². The Morgan fingerprint density at radius 1 is 0.308 bits per heavy atom. The molecule has 0 atom stereocenters. The van der Waals surface area contributed by atoms with Crippen LogP contribution in [0.3, 0.4) is 0 Å². The first-order valence-electron chi connectivity index (χ1n) is 47.4. The molecule has 5 radical (unpaired) electrons. The SMILES string of the molecule is CC(=O)C=C(C)O.CC(=O)C=C(C)O.CC(=O)C=C(C)O.CCc1c2[n-]c(c1CC)C=c1[n-]c(c(CC)c1CC)=Cc1[n-]c(c(CC)c1CC)C=c1[n-]c(c(CC)c1CC)=C2.[Ir].[Ir].[Ir].[Ir].[Ir].[Pt+4].[c-]1c(-c2ccccn2)sc2ccccc12.[c-]1ccccc1-c1ccc2ccccc2n1.[c-]1ccccc1-c1ccc2ccccc2n1.[c-]1ccccc1-c1nccc2ccccc12.[c-]1ccccc1-c1nccc2ccccc12. The van der Waals surface area contributed by atoms with Crippen molar-refractivity contribution in [3.8, 4) is 55.6 Å². The van der Waals surface area contributed by atoms with Gasteiger partial charge in [-0.25, -0.2) is 11.3 Å². The Morgan fingerprint density at radius 2 is 0.616 bits per heavy atom. The number of para-hydroxylation sites is 2. The monoisotopic (exact) mass is 3020 g/mol. The molecule has 22 heteroatoms. The summed E-state index contributed by atoms with van der Waals surface area (Å²) >= 11 is 1.73. The van der Waals surface area contributed by atoms with E-state index in [1.807, 2.05) is 225 Å². The van der Waals surface area contributed by atoms with Crippen LogP contribution in [0.25, 0.3) is 133 Å². The first-order chi connectivity index (χ1) is 68.0. The van der Waals surface area contributed by atoms with Crippen LogP contribution >= 0.6 is 11.3 Å². The molecule has 8 bridgehead atoms.